The maximum absolute atomic E-state index is 10.2. The van der Waals surface area contributed by atoms with E-state index in [0.29, 0.717) is 12.6 Å². The minimum atomic E-state index is -0.276. The Hall–Kier alpha value is -1.55. The van der Waals surface area contributed by atoms with E-state index in [1.165, 1.54) is 30.4 Å². The third kappa shape index (κ3) is 4.10. The second-order valence-electron chi connectivity index (χ2n) is 7.04. The molecule has 132 valence electrons. The van der Waals surface area contributed by atoms with Crippen LogP contribution in [0.5, 0.6) is 0 Å². The molecule has 2 N–H and O–H groups in total. The molecule has 24 heavy (non-hydrogen) atoms. The van der Waals surface area contributed by atoms with Crippen LogP contribution < -0.4 is 5.32 Å². The molecule has 1 aromatic rings. The number of hydrogen-bond donors (Lipinski definition) is 2. The van der Waals surface area contributed by atoms with Gasteiger partial charge in [0, 0.05) is 19.6 Å². The van der Waals surface area contributed by atoms with Crippen molar-refractivity contribution in [3.8, 4) is 0 Å². The highest BCUT2D eigenvalue weighted by Gasteiger charge is 2.31. The van der Waals surface area contributed by atoms with E-state index >= 15 is 0 Å². The van der Waals surface area contributed by atoms with Gasteiger partial charge in [-0.3, -0.25) is 4.99 Å². The van der Waals surface area contributed by atoms with Crippen LogP contribution >= 0.6 is 0 Å². The summed E-state index contributed by atoms with van der Waals surface area (Å²) in [5, 5.41) is 13.6. The van der Waals surface area contributed by atoms with Crippen LogP contribution in [-0.2, 0) is 6.42 Å². The lowest BCUT2D eigenvalue weighted by atomic mass is 9.90. The molecular weight excluding hydrogens is 298 g/mol. The van der Waals surface area contributed by atoms with Gasteiger partial charge in [-0.1, -0.05) is 56.9 Å². The highest BCUT2D eigenvalue weighted by atomic mass is 16.3. The maximum Gasteiger partial charge on any atom is 0.194 e. The van der Waals surface area contributed by atoms with Crippen LogP contribution in [0.15, 0.2) is 29.3 Å². The van der Waals surface area contributed by atoms with Crippen molar-refractivity contribution in [3.63, 3.8) is 0 Å². The summed E-state index contributed by atoms with van der Waals surface area (Å²) in [4.78, 5) is 7.09. The standard InChI is InChI=1S/C20H31N3O/c1-2-3-4-5-9-17(24)15-22-20-21-13-11-19-18-10-7-6-8-16(18)12-14-23(19)20/h6-8,10,17,19,24H,2-5,9,11-15H2,1H3,(H,21,22). The van der Waals surface area contributed by atoms with Crippen molar-refractivity contribution in [1.82, 2.24) is 10.2 Å². The quantitative estimate of drug-likeness (QED) is 0.755. The number of nitrogens with zero attached hydrogens (tertiary/aromatic N) is 2. The number of benzene rings is 1. The number of aliphatic hydroxyl groups is 1. The SMILES string of the molecule is CCCCCCC(O)CNC1=NCCC2c3ccccc3CCN12. The molecule has 2 aliphatic heterocycles. The fourth-order valence-electron chi connectivity index (χ4n) is 3.88. The molecule has 4 heteroatoms. The Kier molecular flexibility index (Phi) is 6.13. The van der Waals surface area contributed by atoms with Gasteiger partial charge in [-0.2, -0.15) is 0 Å². The Morgan fingerprint density at radius 3 is 3.04 bits per heavy atom. The fourth-order valence-corrected chi connectivity index (χ4v) is 3.88. The van der Waals surface area contributed by atoms with E-state index in [0.717, 1.165) is 44.7 Å². The van der Waals surface area contributed by atoms with Crippen LogP contribution in [0.4, 0.5) is 0 Å². The first-order valence-corrected chi connectivity index (χ1v) is 9.60. The average molecular weight is 329 g/mol. The van der Waals surface area contributed by atoms with Gasteiger partial charge in [-0.15, -0.1) is 0 Å². The topological polar surface area (TPSA) is 47.9 Å². The second kappa shape index (κ2) is 8.52. The number of nitrogens with one attached hydrogen (secondary N) is 1. The van der Waals surface area contributed by atoms with E-state index in [1.54, 1.807) is 0 Å². The number of fused-ring (bicyclic) bond motifs is 3. The summed E-state index contributed by atoms with van der Waals surface area (Å²) in [5.41, 5.74) is 2.94. The molecule has 0 bridgehead atoms. The third-order valence-corrected chi connectivity index (χ3v) is 5.24. The van der Waals surface area contributed by atoms with Gasteiger partial charge < -0.3 is 15.3 Å². The number of unbranched alkanes of at least 4 members (excludes halogenated alkanes) is 3. The average Bonchev–Trinajstić information content (AvgIpc) is 2.63. The normalized spacial score (nSPS) is 20.8. The summed E-state index contributed by atoms with van der Waals surface area (Å²) in [5.74, 6) is 0.980. The van der Waals surface area contributed by atoms with E-state index in [1.807, 2.05) is 0 Å². The van der Waals surface area contributed by atoms with Crippen molar-refractivity contribution in [2.45, 2.75) is 64.0 Å². The van der Waals surface area contributed by atoms with Gasteiger partial charge in [0.2, 0.25) is 0 Å². The van der Waals surface area contributed by atoms with Gasteiger partial charge in [-0.05, 0) is 30.4 Å². The molecule has 0 radical (unpaired) electrons. The molecule has 2 aliphatic rings. The van der Waals surface area contributed by atoms with E-state index in [4.69, 9.17) is 0 Å². The van der Waals surface area contributed by atoms with Crippen molar-refractivity contribution in [3.05, 3.63) is 35.4 Å². The largest absolute Gasteiger partial charge is 0.391 e. The van der Waals surface area contributed by atoms with Gasteiger partial charge in [-0.25, -0.2) is 0 Å². The first-order chi connectivity index (χ1) is 11.8. The zero-order valence-corrected chi connectivity index (χ0v) is 14.9. The smallest absolute Gasteiger partial charge is 0.194 e. The van der Waals surface area contributed by atoms with E-state index in [2.05, 4.69) is 46.4 Å². The number of aliphatic imine (C=N–C) groups is 1. The highest BCUT2D eigenvalue weighted by molar-refractivity contribution is 5.81. The Bertz CT molecular complexity index is 558. The van der Waals surface area contributed by atoms with Crippen molar-refractivity contribution in [1.29, 1.82) is 0 Å². The summed E-state index contributed by atoms with van der Waals surface area (Å²) in [6, 6.07) is 9.24. The van der Waals surface area contributed by atoms with Gasteiger partial charge in [0.1, 0.15) is 0 Å². The molecule has 2 unspecified atom stereocenters. The Morgan fingerprint density at radius 1 is 1.29 bits per heavy atom. The molecule has 0 aromatic heterocycles. The van der Waals surface area contributed by atoms with Crippen molar-refractivity contribution >= 4 is 5.96 Å². The van der Waals surface area contributed by atoms with Crippen LogP contribution in [0.25, 0.3) is 0 Å². The lowest BCUT2D eigenvalue weighted by molar-refractivity contribution is 0.160. The van der Waals surface area contributed by atoms with Crippen LogP contribution in [-0.4, -0.2) is 41.7 Å². The molecule has 4 nitrogen and oxygen atoms in total. The first kappa shape index (κ1) is 17.3. The molecule has 3 rings (SSSR count). The van der Waals surface area contributed by atoms with Crippen molar-refractivity contribution in [2.75, 3.05) is 19.6 Å². The van der Waals surface area contributed by atoms with E-state index in [-0.39, 0.29) is 6.10 Å². The van der Waals surface area contributed by atoms with E-state index in [9.17, 15) is 5.11 Å². The van der Waals surface area contributed by atoms with Crippen molar-refractivity contribution < 1.29 is 5.11 Å². The van der Waals surface area contributed by atoms with Gasteiger partial charge in [0.25, 0.3) is 0 Å². The molecule has 1 aromatic carbocycles. The molecule has 2 heterocycles. The Labute approximate surface area is 146 Å². The number of guanidine groups is 1. The summed E-state index contributed by atoms with van der Waals surface area (Å²) < 4.78 is 0. The molecule has 0 spiro atoms. The summed E-state index contributed by atoms with van der Waals surface area (Å²) in [6.07, 6.45) is 7.61. The zero-order chi connectivity index (χ0) is 16.8. The third-order valence-electron chi connectivity index (χ3n) is 5.24. The van der Waals surface area contributed by atoms with Crippen molar-refractivity contribution in [2.24, 2.45) is 4.99 Å². The van der Waals surface area contributed by atoms with Crippen LogP contribution in [0.2, 0.25) is 0 Å². The van der Waals surface area contributed by atoms with Crippen LogP contribution in [0.1, 0.15) is 62.6 Å². The summed E-state index contributed by atoms with van der Waals surface area (Å²) in [6.45, 7) is 4.70. The van der Waals surface area contributed by atoms with Crippen LogP contribution in [0, 0.1) is 0 Å². The molecule has 0 aliphatic carbocycles. The van der Waals surface area contributed by atoms with Gasteiger partial charge >= 0.3 is 0 Å². The van der Waals surface area contributed by atoms with Gasteiger partial charge in [0.05, 0.1) is 12.1 Å². The molecule has 0 saturated carbocycles. The second-order valence-corrected chi connectivity index (χ2v) is 7.04. The van der Waals surface area contributed by atoms with Crippen LogP contribution in [0.3, 0.4) is 0 Å². The van der Waals surface area contributed by atoms with E-state index < -0.39 is 0 Å². The molecule has 0 saturated heterocycles. The zero-order valence-electron chi connectivity index (χ0n) is 14.9. The minimum absolute atomic E-state index is 0.276. The predicted octanol–water partition coefficient (Wildman–Crippen LogP) is 3.27. The Balaban J connectivity index is 1.53. The summed E-state index contributed by atoms with van der Waals surface area (Å²) >= 11 is 0. The monoisotopic (exact) mass is 329 g/mol. The number of rotatable bonds is 7. The summed E-state index contributed by atoms with van der Waals surface area (Å²) in [7, 11) is 0. The molecule has 0 fully saturated rings. The fraction of sp³-hybridized carbons (Fsp3) is 0.650. The first-order valence-electron chi connectivity index (χ1n) is 9.60. The lowest BCUT2D eigenvalue weighted by Crippen LogP contribution is -2.50. The predicted molar refractivity (Wildman–Crippen MR) is 99.3 cm³/mol. The molecule has 0 amide bonds. The highest BCUT2D eigenvalue weighted by Crippen LogP contribution is 2.33. The Morgan fingerprint density at radius 2 is 2.17 bits per heavy atom. The lowest BCUT2D eigenvalue weighted by Gasteiger charge is -2.42. The van der Waals surface area contributed by atoms with Gasteiger partial charge in [0.15, 0.2) is 5.96 Å². The maximum atomic E-state index is 10.2. The number of hydrogen-bond acceptors (Lipinski definition) is 4. The minimum Gasteiger partial charge on any atom is -0.391 e. The molecule has 2 atom stereocenters. The number of aliphatic hydroxyl groups excluding tert-OH is 1. The molecular formula is C20H31N3O.